The van der Waals surface area contributed by atoms with Crippen LogP contribution in [-0.4, -0.2) is 9.78 Å². The van der Waals surface area contributed by atoms with E-state index in [2.05, 4.69) is 18.9 Å². The molecule has 2 N–H and O–H groups in total. The lowest BCUT2D eigenvalue weighted by Crippen LogP contribution is -2.02. The Morgan fingerprint density at radius 3 is 2.50 bits per heavy atom. The van der Waals surface area contributed by atoms with E-state index < -0.39 is 0 Å². The van der Waals surface area contributed by atoms with Crippen LogP contribution in [0.4, 0.5) is 5.82 Å². The lowest BCUT2D eigenvalue weighted by Gasteiger charge is -2.03. The van der Waals surface area contributed by atoms with Crippen LogP contribution >= 0.6 is 0 Å². The van der Waals surface area contributed by atoms with Crippen molar-refractivity contribution in [3.8, 4) is 5.69 Å². The van der Waals surface area contributed by atoms with Crippen molar-refractivity contribution in [2.24, 2.45) is 0 Å². The smallest absolute Gasteiger partial charge is 0.130 e. The Balaban J connectivity index is 2.40. The molecule has 0 aliphatic carbocycles. The second kappa shape index (κ2) is 5.71. The summed E-state index contributed by atoms with van der Waals surface area (Å²) in [5.41, 5.74) is 9.61. The van der Waals surface area contributed by atoms with E-state index in [1.807, 2.05) is 35.0 Å². The van der Waals surface area contributed by atoms with E-state index in [0.717, 1.165) is 36.5 Å². The molecule has 1 aromatic heterocycles. The zero-order valence-electron chi connectivity index (χ0n) is 11.2. The van der Waals surface area contributed by atoms with Crippen molar-refractivity contribution >= 4 is 5.82 Å². The van der Waals surface area contributed by atoms with Gasteiger partial charge in [-0.25, -0.2) is 4.68 Å². The van der Waals surface area contributed by atoms with Gasteiger partial charge in [0.15, 0.2) is 0 Å². The number of aryl methyl sites for hydroxylation is 1. The Labute approximate surface area is 109 Å². The van der Waals surface area contributed by atoms with Gasteiger partial charge in [-0.1, -0.05) is 38.5 Å². The van der Waals surface area contributed by atoms with Crippen molar-refractivity contribution < 1.29 is 0 Å². The summed E-state index contributed by atoms with van der Waals surface area (Å²) >= 11 is 0. The first-order valence-electron chi connectivity index (χ1n) is 6.69. The molecule has 96 valence electrons. The van der Waals surface area contributed by atoms with E-state index in [1.165, 1.54) is 12.0 Å². The fraction of sp³-hybridized carbons (Fsp3) is 0.400. The van der Waals surface area contributed by atoms with Gasteiger partial charge in [0.05, 0.1) is 11.4 Å². The Kier molecular flexibility index (Phi) is 4.03. The number of nitrogens with zero attached hydrogens (tertiary/aromatic N) is 2. The van der Waals surface area contributed by atoms with Gasteiger partial charge in [0.1, 0.15) is 5.82 Å². The number of unbranched alkanes of at least 4 members (excludes halogenated alkanes) is 1. The van der Waals surface area contributed by atoms with Crippen LogP contribution in [0, 0.1) is 0 Å². The summed E-state index contributed by atoms with van der Waals surface area (Å²) in [4.78, 5) is 0. The minimum absolute atomic E-state index is 0.787. The molecule has 18 heavy (non-hydrogen) atoms. The Morgan fingerprint density at radius 2 is 1.89 bits per heavy atom. The maximum Gasteiger partial charge on any atom is 0.130 e. The van der Waals surface area contributed by atoms with Crippen LogP contribution in [0.15, 0.2) is 30.3 Å². The molecule has 1 heterocycles. The van der Waals surface area contributed by atoms with E-state index in [0.29, 0.717) is 0 Å². The molecule has 0 aliphatic rings. The molecule has 3 heteroatoms. The number of anilines is 1. The van der Waals surface area contributed by atoms with Crippen LogP contribution in [0.1, 0.15) is 37.9 Å². The summed E-state index contributed by atoms with van der Waals surface area (Å²) < 4.78 is 1.86. The number of aromatic nitrogens is 2. The van der Waals surface area contributed by atoms with Gasteiger partial charge in [0.25, 0.3) is 0 Å². The number of para-hydroxylation sites is 1. The van der Waals surface area contributed by atoms with Gasteiger partial charge in [0.2, 0.25) is 0 Å². The summed E-state index contributed by atoms with van der Waals surface area (Å²) in [7, 11) is 0. The summed E-state index contributed by atoms with van der Waals surface area (Å²) in [5, 5.41) is 4.68. The topological polar surface area (TPSA) is 43.8 Å². The number of nitrogens with two attached hydrogens (primary N) is 1. The molecule has 0 spiro atoms. The molecule has 0 amide bonds. The van der Waals surface area contributed by atoms with E-state index >= 15 is 0 Å². The number of nitrogen functional groups attached to an aromatic ring is 1. The molecule has 0 atom stereocenters. The molecule has 3 nitrogen and oxygen atoms in total. The summed E-state index contributed by atoms with van der Waals surface area (Å²) in [6.07, 6.45) is 4.31. The molecular formula is C15H21N3. The van der Waals surface area contributed by atoms with Crippen LogP contribution in [-0.2, 0) is 12.8 Å². The van der Waals surface area contributed by atoms with Crippen LogP contribution in [0.25, 0.3) is 5.69 Å². The van der Waals surface area contributed by atoms with Crippen LogP contribution in [0.3, 0.4) is 0 Å². The Hall–Kier alpha value is -1.77. The predicted octanol–water partition coefficient (Wildman–Crippen LogP) is 3.36. The van der Waals surface area contributed by atoms with Gasteiger partial charge in [-0.05, 0) is 31.4 Å². The molecule has 0 saturated carbocycles. The van der Waals surface area contributed by atoms with Crippen molar-refractivity contribution in [1.82, 2.24) is 9.78 Å². The maximum atomic E-state index is 6.22. The van der Waals surface area contributed by atoms with E-state index in [1.54, 1.807) is 0 Å². The molecule has 0 unspecified atom stereocenters. The van der Waals surface area contributed by atoms with Crippen molar-refractivity contribution in [3.63, 3.8) is 0 Å². The van der Waals surface area contributed by atoms with Crippen molar-refractivity contribution in [2.75, 3.05) is 5.73 Å². The van der Waals surface area contributed by atoms with Gasteiger partial charge in [-0.3, -0.25) is 0 Å². The van der Waals surface area contributed by atoms with Crippen LogP contribution < -0.4 is 5.73 Å². The lowest BCUT2D eigenvalue weighted by molar-refractivity contribution is 0.749. The average molecular weight is 243 g/mol. The molecule has 0 radical (unpaired) electrons. The van der Waals surface area contributed by atoms with E-state index in [-0.39, 0.29) is 0 Å². The number of hydrogen-bond donors (Lipinski definition) is 1. The van der Waals surface area contributed by atoms with Crippen molar-refractivity contribution in [3.05, 3.63) is 41.6 Å². The van der Waals surface area contributed by atoms with Gasteiger partial charge >= 0.3 is 0 Å². The highest BCUT2D eigenvalue weighted by Gasteiger charge is 2.14. The van der Waals surface area contributed by atoms with Crippen LogP contribution in [0.2, 0.25) is 0 Å². The highest BCUT2D eigenvalue weighted by Crippen LogP contribution is 2.22. The molecule has 0 bridgehead atoms. The zero-order valence-corrected chi connectivity index (χ0v) is 11.2. The highest BCUT2D eigenvalue weighted by molar-refractivity contribution is 5.50. The highest BCUT2D eigenvalue weighted by atomic mass is 15.3. The first kappa shape index (κ1) is 12.7. The van der Waals surface area contributed by atoms with E-state index in [4.69, 9.17) is 5.73 Å². The van der Waals surface area contributed by atoms with Gasteiger partial charge in [-0.15, -0.1) is 0 Å². The van der Waals surface area contributed by atoms with Gasteiger partial charge in [0, 0.05) is 5.56 Å². The molecule has 2 aromatic rings. The molecule has 0 aliphatic heterocycles. The standard InChI is InChI=1S/C15H21N3/c1-3-5-11-14-13(4-2)15(16)18(17-14)12-9-7-6-8-10-12/h6-10H,3-5,11,16H2,1-2H3. The SMILES string of the molecule is CCCCc1nn(-c2ccccc2)c(N)c1CC. The summed E-state index contributed by atoms with van der Waals surface area (Å²) in [5.74, 6) is 0.787. The van der Waals surface area contributed by atoms with Crippen molar-refractivity contribution in [2.45, 2.75) is 39.5 Å². The normalized spacial score (nSPS) is 10.8. The number of hydrogen-bond acceptors (Lipinski definition) is 2. The minimum Gasteiger partial charge on any atom is -0.383 e. The maximum absolute atomic E-state index is 6.22. The lowest BCUT2D eigenvalue weighted by atomic mass is 10.1. The summed E-state index contributed by atoms with van der Waals surface area (Å²) in [6.45, 7) is 4.33. The third kappa shape index (κ3) is 2.40. The molecular weight excluding hydrogens is 222 g/mol. The first-order valence-corrected chi connectivity index (χ1v) is 6.69. The minimum atomic E-state index is 0.787. The number of rotatable bonds is 5. The Bertz CT molecular complexity index is 500. The fourth-order valence-corrected chi connectivity index (χ4v) is 2.21. The monoisotopic (exact) mass is 243 g/mol. The van der Waals surface area contributed by atoms with Gasteiger partial charge in [-0.2, -0.15) is 5.10 Å². The zero-order chi connectivity index (χ0) is 13.0. The second-order valence-electron chi connectivity index (χ2n) is 4.51. The quantitative estimate of drug-likeness (QED) is 0.875. The second-order valence-corrected chi connectivity index (χ2v) is 4.51. The fourth-order valence-electron chi connectivity index (χ4n) is 2.21. The van der Waals surface area contributed by atoms with Gasteiger partial charge < -0.3 is 5.73 Å². The van der Waals surface area contributed by atoms with Crippen LogP contribution in [0.5, 0.6) is 0 Å². The van der Waals surface area contributed by atoms with Crippen molar-refractivity contribution in [1.29, 1.82) is 0 Å². The van der Waals surface area contributed by atoms with E-state index in [9.17, 15) is 0 Å². The third-order valence-electron chi connectivity index (χ3n) is 3.23. The molecule has 2 rings (SSSR count). The predicted molar refractivity (Wildman–Crippen MR) is 76.0 cm³/mol. The first-order chi connectivity index (χ1) is 8.77. The Morgan fingerprint density at radius 1 is 1.17 bits per heavy atom. The molecule has 0 saturated heterocycles. The largest absolute Gasteiger partial charge is 0.383 e. The third-order valence-corrected chi connectivity index (χ3v) is 3.23. The number of benzene rings is 1. The molecule has 0 fully saturated rings. The summed E-state index contributed by atoms with van der Waals surface area (Å²) in [6, 6.07) is 10.1. The average Bonchev–Trinajstić information content (AvgIpc) is 2.73. The molecule has 1 aromatic carbocycles.